The van der Waals surface area contributed by atoms with Crippen LogP contribution in [0.25, 0.3) is 22.7 Å². The maximum atomic E-state index is 11.7. The van der Waals surface area contributed by atoms with Crippen LogP contribution in [0.15, 0.2) is 34.9 Å². The first kappa shape index (κ1) is 16.5. The van der Waals surface area contributed by atoms with Crippen LogP contribution in [0.3, 0.4) is 0 Å². The normalized spacial score (nSPS) is 11.7. The number of aromatic nitrogens is 2. The Morgan fingerprint density at radius 2 is 1.88 bits per heavy atom. The van der Waals surface area contributed by atoms with Crippen LogP contribution in [-0.4, -0.2) is 22.5 Å². The van der Waals surface area contributed by atoms with E-state index in [1.165, 1.54) is 0 Å². The van der Waals surface area contributed by atoms with Crippen LogP contribution < -0.4 is 11.5 Å². The maximum absolute atomic E-state index is 11.7. The molecular formula is C18H18N4O3. The van der Waals surface area contributed by atoms with Crippen molar-refractivity contribution >= 4 is 40.5 Å². The fourth-order valence-electron chi connectivity index (χ4n) is 2.52. The quantitative estimate of drug-likeness (QED) is 0.702. The van der Waals surface area contributed by atoms with Crippen LogP contribution >= 0.6 is 0 Å². The van der Waals surface area contributed by atoms with Crippen LogP contribution in [0, 0.1) is 0 Å². The first-order valence-electron chi connectivity index (χ1n) is 7.75. The summed E-state index contributed by atoms with van der Waals surface area (Å²) in [6, 6.07) is 7.18. The fourth-order valence-corrected chi connectivity index (χ4v) is 2.52. The molecule has 0 aliphatic heterocycles. The highest BCUT2D eigenvalue weighted by atomic mass is 16.5. The molecule has 0 spiro atoms. The highest BCUT2D eigenvalue weighted by Gasteiger charge is 2.12. The van der Waals surface area contributed by atoms with Crippen LogP contribution in [0.4, 0.5) is 11.8 Å². The zero-order valence-electron chi connectivity index (χ0n) is 13.9. The number of benzene rings is 1. The van der Waals surface area contributed by atoms with Crippen LogP contribution in [0.1, 0.15) is 35.3 Å². The van der Waals surface area contributed by atoms with Crippen molar-refractivity contribution in [2.24, 2.45) is 0 Å². The van der Waals surface area contributed by atoms with E-state index in [1.54, 1.807) is 25.3 Å². The highest BCUT2D eigenvalue weighted by Crippen LogP contribution is 2.28. The second kappa shape index (κ2) is 6.64. The van der Waals surface area contributed by atoms with Crippen molar-refractivity contribution < 1.29 is 13.9 Å². The summed E-state index contributed by atoms with van der Waals surface area (Å²) in [5.74, 6) is 0.00753. The van der Waals surface area contributed by atoms with Crippen LogP contribution in [-0.2, 0) is 4.74 Å². The average Bonchev–Trinajstić information content (AvgIpc) is 2.98. The number of anilines is 2. The molecule has 3 aromatic rings. The summed E-state index contributed by atoms with van der Waals surface area (Å²) >= 11 is 0. The van der Waals surface area contributed by atoms with E-state index in [9.17, 15) is 4.79 Å². The van der Waals surface area contributed by atoms with Gasteiger partial charge in [0.1, 0.15) is 12.1 Å². The standard InChI is InChI=1S/C18H18N4O3/c1-3-24-17(23)12-6-4-11(5-7-12)10(2)8-13-9-25-16-14(13)15(19)21-18(20)22-16/h4-9H,3H2,1-2H3,(H4,19,20,21,22)/b10-8-. The number of nitrogens with two attached hydrogens (primary N) is 2. The number of allylic oxidation sites excluding steroid dienone is 1. The van der Waals surface area contributed by atoms with Crippen LogP contribution in [0.5, 0.6) is 0 Å². The number of nitrogen functional groups attached to an aromatic ring is 2. The summed E-state index contributed by atoms with van der Waals surface area (Å²) in [5.41, 5.74) is 15.0. The smallest absolute Gasteiger partial charge is 0.338 e. The molecule has 0 aliphatic carbocycles. The molecule has 0 amide bonds. The summed E-state index contributed by atoms with van der Waals surface area (Å²) in [5, 5.41) is 0.622. The number of carbonyl (C=O) groups excluding carboxylic acids is 1. The molecule has 7 heteroatoms. The number of furan rings is 1. The Labute approximate surface area is 144 Å². The second-order valence-corrected chi connectivity index (χ2v) is 5.46. The van der Waals surface area contributed by atoms with Gasteiger partial charge in [-0.3, -0.25) is 0 Å². The highest BCUT2D eigenvalue weighted by molar-refractivity contribution is 5.97. The average molecular weight is 338 g/mol. The van der Waals surface area contributed by atoms with Crippen molar-refractivity contribution in [3.63, 3.8) is 0 Å². The molecule has 0 saturated carbocycles. The third-order valence-electron chi connectivity index (χ3n) is 3.73. The largest absolute Gasteiger partial charge is 0.462 e. The summed E-state index contributed by atoms with van der Waals surface area (Å²) in [7, 11) is 0. The Balaban J connectivity index is 1.93. The Kier molecular flexibility index (Phi) is 4.38. The molecule has 3 rings (SSSR count). The lowest BCUT2D eigenvalue weighted by Gasteiger charge is -2.05. The van der Waals surface area contributed by atoms with Crippen molar-refractivity contribution in [3.05, 3.63) is 47.2 Å². The molecule has 0 aliphatic rings. The zero-order valence-corrected chi connectivity index (χ0v) is 13.9. The SMILES string of the molecule is CCOC(=O)c1ccc(/C(C)=C\c2coc3nc(N)nc(N)c23)cc1. The summed E-state index contributed by atoms with van der Waals surface area (Å²) < 4.78 is 10.4. The van der Waals surface area contributed by atoms with Crippen molar-refractivity contribution in [3.8, 4) is 0 Å². The molecule has 2 aromatic heterocycles. The molecule has 4 N–H and O–H groups in total. The minimum atomic E-state index is -0.334. The number of rotatable bonds is 4. The first-order valence-corrected chi connectivity index (χ1v) is 7.75. The summed E-state index contributed by atoms with van der Waals surface area (Å²) in [4.78, 5) is 19.7. The van der Waals surface area contributed by atoms with E-state index in [-0.39, 0.29) is 17.7 Å². The van der Waals surface area contributed by atoms with Gasteiger partial charge in [0.05, 0.1) is 17.6 Å². The fraction of sp³-hybridized carbons (Fsp3) is 0.167. The first-order chi connectivity index (χ1) is 12.0. The number of esters is 1. The molecular weight excluding hydrogens is 320 g/mol. The van der Waals surface area contributed by atoms with Crippen molar-refractivity contribution in [2.45, 2.75) is 13.8 Å². The van der Waals surface area contributed by atoms with Gasteiger partial charge in [0.25, 0.3) is 0 Å². The minimum absolute atomic E-state index is 0.0705. The van der Waals surface area contributed by atoms with E-state index in [0.29, 0.717) is 23.3 Å². The predicted molar refractivity (Wildman–Crippen MR) is 96.6 cm³/mol. The Morgan fingerprint density at radius 3 is 2.56 bits per heavy atom. The van der Waals surface area contributed by atoms with E-state index in [4.69, 9.17) is 20.6 Å². The monoisotopic (exact) mass is 338 g/mol. The van der Waals surface area contributed by atoms with Gasteiger partial charge in [-0.1, -0.05) is 12.1 Å². The Hall–Kier alpha value is -3.35. The lowest BCUT2D eigenvalue weighted by Crippen LogP contribution is -2.04. The van der Waals surface area contributed by atoms with Gasteiger partial charge >= 0.3 is 5.97 Å². The van der Waals surface area contributed by atoms with Gasteiger partial charge in [-0.15, -0.1) is 0 Å². The molecule has 128 valence electrons. The Morgan fingerprint density at radius 1 is 1.20 bits per heavy atom. The lowest BCUT2D eigenvalue weighted by molar-refractivity contribution is 0.0526. The molecule has 25 heavy (non-hydrogen) atoms. The number of hydrogen-bond acceptors (Lipinski definition) is 7. The third kappa shape index (κ3) is 3.30. The van der Waals surface area contributed by atoms with E-state index < -0.39 is 0 Å². The second-order valence-electron chi connectivity index (χ2n) is 5.46. The molecule has 0 unspecified atom stereocenters. The molecule has 2 heterocycles. The molecule has 0 radical (unpaired) electrons. The molecule has 0 atom stereocenters. The molecule has 1 aromatic carbocycles. The van der Waals surface area contributed by atoms with E-state index in [2.05, 4.69) is 9.97 Å². The lowest BCUT2D eigenvalue weighted by atomic mass is 10.0. The van der Waals surface area contributed by atoms with E-state index in [0.717, 1.165) is 16.7 Å². The van der Waals surface area contributed by atoms with Gasteiger partial charge < -0.3 is 20.6 Å². The van der Waals surface area contributed by atoms with Gasteiger partial charge in [0.15, 0.2) is 0 Å². The topological polar surface area (TPSA) is 117 Å². The number of hydrogen-bond donors (Lipinski definition) is 2. The minimum Gasteiger partial charge on any atom is -0.462 e. The molecule has 0 saturated heterocycles. The summed E-state index contributed by atoms with van der Waals surface area (Å²) in [6.45, 7) is 4.07. The van der Waals surface area contributed by atoms with Gasteiger partial charge in [-0.05, 0) is 43.2 Å². The Bertz CT molecular complexity index is 958. The van der Waals surface area contributed by atoms with Gasteiger partial charge in [-0.2, -0.15) is 9.97 Å². The van der Waals surface area contributed by atoms with Crippen LogP contribution in [0.2, 0.25) is 0 Å². The number of nitrogens with zero attached hydrogens (tertiary/aromatic N) is 2. The van der Waals surface area contributed by atoms with E-state index in [1.807, 2.05) is 25.1 Å². The van der Waals surface area contributed by atoms with Crippen molar-refractivity contribution in [1.82, 2.24) is 9.97 Å². The third-order valence-corrected chi connectivity index (χ3v) is 3.73. The maximum Gasteiger partial charge on any atom is 0.338 e. The molecule has 0 bridgehead atoms. The predicted octanol–water partition coefficient (Wildman–Crippen LogP) is 3.12. The van der Waals surface area contributed by atoms with Gasteiger partial charge in [0, 0.05) is 5.56 Å². The molecule has 7 nitrogen and oxygen atoms in total. The number of fused-ring (bicyclic) bond motifs is 1. The van der Waals surface area contributed by atoms with Crippen molar-refractivity contribution in [2.75, 3.05) is 18.1 Å². The number of ether oxygens (including phenoxy) is 1. The number of carbonyl (C=O) groups is 1. The van der Waals surface area contributed by atoms with Crippen molar-refractivity contribution in [1.29, 1.82) is 0 Å². The summed E-state index contributed by atoms with van der Waals surface area (Å²) in [6.07, 6.45) is 3.48. The van der Waals surface area contributed by atoms with Gasteiger partial charge in [0.2, 0.25) is 11.7 Å². The van der Waals surface area contributed by atoms with E-state index >= 15 is 0 Å². The zero-order chi connectivity index (χ0) is 18.0. The van der Waals surface area contributed by atoms with Gasteiger partial charge in [-0.25, -0.2) is 4.79 Å². The molecule has 0 fully saturated rings.